The topological polar surface area (TPSA) is 60.9 Å². The van der Waals surface area contributed by atoms with Gasteiger partial charge in [0.25, 0.3) is 0 Å². The first-order valence-electron chi connectivity index (χ1n) is 6.87. The molecule has 1 rings (SSSR count). The smallest absolute Gasteiger partial charge is 0.323 e. The monoisotopic (exact) mass is 256 g/mol. The number of nitrogens with zero attached hydrogens (tertiary/aromatic N) is 2. The third-order valence-corrected chi connectivity index (χ3v) is 3.43. The van der Waals surface area contributed by atoms with E-state index in [4.69, 9.17) is 5.11 Å². The molecule has 0 aromatic rings. The first kappa shape index (κ1) is 14.8. The highest BCUT2D eigenvalue weighted by Gasteiger charge is 2.29. The van der Waals surface area contributed by atoms with E-state index in [1.165, 1.54) is 4.90 Å². The Balaban J connectivity index is 2.70. The molecule has 0 aromatic carbocycles. The number of likely N-dealkylation sites (tertiary alicyclic amines) is 1. The van der Waals surface area contributed by atoms with Crippen molar-refractivity contribution in [1.82, 2.24) is 9.80 Å². The van der Waals surface area contributed by atoms with Crippen LogP contribution in [0.5, 0.6) is 0 Å². The predicted molar refractivity (Wildman–Crippen MR) is 69.5 cm³/mol. The summed E-state index contributed by atoms with van der Waals surface area (Å²) in [4.78, 5) is 26.5. The van der Waals surface area contributed by atoms with Crippen LogP contribution in [0.1, 0.15) is 46.0 Å². The van der Waals surface area contributed by atoms with Crippen molar-refractivity contribution >= 4 is 12.0 Å². The summed E-state index contributed by atoms with van der Waals surface area (Å²) < 4.78 is 0. The summed E-state index contributed by atoms with van der Waals surface area (Å²) in [6.07, 6.45) is 4.95. The van der Waals surface area contributed by atoms with Crippen LogP contribution in [0.15, 0.2) is 0 Å². The third-order valence-electron chi connectivity index (χ3n) is 3.43. The van der Waals surface area contributed by atoms with Crippen LogP contribution in [0.3, 0.4) is 0 Å². The van der Waals surface area contributed by atoms with Gasteiger partial charge in [-0.15, -0.1) is 0 Å². The molecule has 0 radical (unpaired) electrons. The fourth-order valence-corrected chi connectivity index (χ4v) is 2.53. The van der Waals surface area contributed by atoms with Gasteiger partial charge < -0.3 is 14.9 Å². The Morgan fingerprint density at radius 1 is 1.33 bits per heavy atom. The fourth-order valence-electron chi connectivity index (χ4n) is 2.53. The van der Waals surface area contributed by atoms with Gasteiger partial charge in [0.15, 0.2) is 0 Å². The van der Waals surface area contributed by atoms with Gasteiger partial charge in [-0.1, -0.05) is 13.8 Å². The Bertz CT molecular complexity index is 294. The first-order chi connectivity index (χ1) is 8.60. The van der Waals surface area contributed by atoms with Crippen LogP contribution in [-0.4, -0.2) is 52.6 Å². The molecule has 1 heterocycles. The molecule has 5 nitrogen and oxygen atoms in total. The summed E-state index contributed by atoms with van der Waals surface area (Å²) in [5, 5.41) is 8.87. The van der Waals surface area contributed by atoms with Crippen LogP contribution in [0.4, 0.5) is 4.79 Å². The van der Waals surface area contributed by atoms with Gasteiger partial charge in [0.05, 0.1) is 0 Å². The summed E-state index contributed by atoms with van der Waals surface area (Å²) in [6, 6.07) is 0.171. The summed E-state index contributed by atoms with van der Waals surface area (Å²) >= 11 is 0. The van der Waals surface area contributed by atoms with E-state index in [2.05, 4.69) is 6.92 Å². The molecule has 0 saturated carbocycles. The Morgan fingerprint density at radius 3 is 2.61 bits per heavy atom. The lowest BCUT2D eigenvalue weighted by Gasteiger charge is -2.38. The van der Waals surface area contributed by atoms with E-state index < -0.39 is 5.97 Å². The van der Waals surface area contributed by atoms with Gasteiger partial charge in [0.1, 0.15) is 6.54 Å². The quantitative estimate of drug-likeness (QED) is 0.820. The number of carbonyl (C=O) groups is 2. The van der Waals surface area contributed by atoms with Crippen molar-refractivity contribution in [3.05, 3.63) is 0 Å². The summed E-state index contributed by atoms with van der Waals surface area (Å²) in [6.45, 7) is 5.11. The highest BCUT2D eigenvalue weighted by molar-refractivity contribution is 5.80. The second-order valence-electron chi connectivity index (χ2n) is 4.85. The minimum absolute atomic E-state index is 0.106. The van der Waals surface area contributed by atoms with Crippen molar-refractivity contribution in [1.29, 1.82) is 0 Å². The largest absolute Gasteiger partial charge is 0.480 e. The molecule has 0 aromatic heterocycles. The lowest BCUT2D eigenvalue weighted by molar-refractivity contribution is -0.137. The zero-order chi connectivity index (χ0) is 13.5. The van der Waals surface area contributed by atoms with Crippen LogP contribution in [0, 0.1) is 0 Å². The van der Waals surface area contributed by atoms with Gasteiger partial charge in [0.2, 0.25) is 0 Å². The van der Waals surface area contributed by atoms with Crippen LogP contribution in [0.25, 0.3) is 0 Å². The van der Waals surface area contributed by atoms with E-state index in [0.29, 0.717) is 6.54 Å². The number of piperidine rings is 1. The normalized spacial score (nSPS) is 19.7. The van der Waals surface area contributed by atoms with Crippen LogP contribution >= 0.6 is 0 Å². The maximum Gasteiger partial charge on any atom is 0.323 e. The molecule has 0 bridgehead atoms. The van der Waals surface area contributed by atoms with E-state index in [1.54, 1.807) is 0 Å². The van der Waals surface area contributed by atoms with Crippen molar-refractivity contribution in [2.24, 2.45) is 0 Å². The highest BCUT2D eigenvalue weighted by atomic mass is 16.4. The van der Waals surface area contributed by atoms with Crippen molar-refractivity contribution in [3.8, 4) is 0 Å². The minimum Gasteiger partial charge on any atom is -0.480 e. The van der Waals surface area contributed by atoms with Crippen LogP contribution in [-0.2, 0) is 4.79 Å². The number of urea groups is 1. The van der Waals surface area contributed by atoms with E-state index in [-0.39, 0.29) is 18.6 Å². The van der Waals surface area contributed by atoms with Crippen molar-refractivity contribution in [3.63, 3.8) is 0 Å². The van der Waals surface area contributed by atoms with E-state index in [9.17, 15) is 9.59 Å². The molecule has 104 valence electrons. The second kappa shape index (κ2) is 7.24. The maximum atomic E-state index is 12.4. The molecule has 1 unspecified atom stereocenters. The number of amides is 2. The number of hydrogen-bond acceptors (Lipinski definition) is 2. The molecule has 0 spiro atoms. The van der Waals surface area contributed by atoms with E-state index in [0.717, 1.165) is 38.6 Å². The number of carboxylic acids is 1. The molecule has 5 heteroatoms. The minimum atomic E-state index is -0.943. The lowest BCUT2D eigenvalue weighted by Crippen LogP contribution is -2.51. The molecule has 1 aliphatic rings. The fraction of sp³-hybridized carbons (Fsp3) is 0.846. The summed E-state index contributed by atoms with van der Waals surface area (Å²) in [5.74, 6) is -0.943. The summed E-state index contributed by atoms with van der Waals surface area (Å²) in [5.41, 5.74) is 0. The van der Waals surface area contributed by atoms with Gasteiger partial charge in [0, 0.05) is 19.1 Å². The highest BCUT2D eigenvalue weighted by Crippen LogP contribution is 2.21. The van der Waals surface area contributed by atoms with E-state index in [1.807, 2.05) is 11.8 Å². The predicted octanol–water partition coefficient (Wildman–Crippen LogP) is 2.17. The molecule has 0 aliphatic carbocycles. The van der Waals surface area contributed by atoms with Crippen LogP contribution in [0.2, 0.25) is 0 Å². The van der Waals surface area contributed by atoms with Crippen molar-refractivity contribution < 1.29 is 14.7 Å². The van der Waals surface area contributed by atoms with Crippen LogP contribution < -0.4 is 0 Å². The molecular weight excluding hydrogens is 232 g/mol. The average Bonchev–Trinajstić information content (AvgIpc) is 2.37. The van der Waals surface area contributed by atoms with Gasteiger partial charge in [-0.3, -0.25) is 4.79 Å². The molecule has 1 aliphatic heterocycles. The van der Waals surface area contributed by atoms with Crippen molar-refractivity contribution in [2.75, 3.05) is 19.6 Å². The lowest BCUT2D eigenvalue weighted by atomic mass is 10.0. The Labute approximate surface area is 109 Å². The Kier molecular flexibility index (Phi) is 5.95. The van der Waals surface area contributed by atoms with E-state index >= 15 is 0 Å². The number of aliphatic carboxylic acids is 1. The second-order valence-corrected chi connectivity index (χ2v) is 4.85. The molecule has 1 N–H and O–H groups in total. The first-order valence-corrected chi connectivity index (χ1v) is 6.87. The van der Waals surface area contributed by atoms with Gasteiger partial charge in [-0.25, -0.2) is 4.79 Å². The molecule has 1 saturated heterocycles. The zero-order valence-electron chi connectivity index (χ0n) is 11.4. The number of hydrogen-bond donors (Lipinski definition) is 1. The van der Waals surface area contributed by atoms with Gasteiger partial charge >= 0.3 is 12.0 Å². The number of carbonyl (C=O) groups excluding carboxylic acids is 1. The Hall–Kier alpha value is -1.26. The zero-order valence-corrected chi connectivity index (χ0v) is 11.4. The van der Waals surface area contributed by atoms with Gasteiger partial charge in [-0.2, -0.15) is 0 Å². The van der Waals surface area contributed by atoms with Gasteiger partial charge in [-0.05, 0) is 32.1 Å². The molecule has 1 atom stereocenters. The standard InChI is InChI=1S/C13H24N2O3/c1-3-8-14(10-12(16)17)13(18)15-9-6-5-7-11(15)4-2/h11H,3-10H2,1-2H3,(H,16,17). The number of carboxylic acid groups (broad SMARTS) is 1. The Morgan fingerprint density at radius 2 is 2.06 bits per heavy atom. The average molecular weight is 256 g/mol. The molecule has 2 amide bonds. The molecule has 1 fully saturated rings. The van der Waals surface area contributed by atoms with Crippen molar-refractivity contribution in [2.45, 2.75) is 52.0 Å². The molecular formula is C13H24N2O3. The molecule has 18 heavy (non-hydrogen) atoms. The third kappa shape index (κ3) is 3.89. The maximum absolute atomic E-state index is 12.4. The SMILES string of the molecule is CCCN(CC(=O)O)C(=O)N1CCCCC1CC. The number of rotatable bonds is 5. The summed E-state index contributed by atoms with van der Waals surface area (Å²) in [7, 11) is 0.